The van der Waals surface area contributed by atoms with Crippen molar-refractivity contribution < 1.29 is 12.4 Å². The van der Waals surface area contributed by atoms with E-state index in [2.05, 4.69) is 22.4 Å². The second kappa shape index (κ2) is 8.48. The smallest absolute Gasteiger partial charge is 0.0271 e. The van der Waals surface area contributed by atoms with Crippen LogP contribution in [-0.2, 0) is 6.54 Å². The van der Waals surface area contributed by atoms with Gasteiger partial charge in [-0.15, -0.1) is 0 Å². The van der Waals surface area contributed by atoms with Crippen LogP contribution in [-0.4, -0.2) is 11.0 Å². The lowest BCUT2D eigenvalue weighted by Crippen LogP contribution is -3.00. The summed E-state index contributed by atoms with van der Waals surface area (Å²) >= 11 is 0. The molecule has 2 rings (SSSR count). The van der Waals surface area contributed by atoms with Crippen molar-refractivity contribution in [2.75, 3.05) is 0 Å². The molecule has 3 heteroatoms. The Morgan fingerprint density at radius 1 is 1.00 bits per heavy atom. The molecular weight excluding hydrogens is 232 g/mol. The van der Waals surface area contributed by atoms with E-state index in [1.54, 1.807) is 0 Å². The van der Waals surface area contributed by atoms with Crippen molar-refractivity contribution in [1.82, 2.24) is 10.3 Å². The number of pyridine rings is 1. The second-order valence-corrected chi connectivity index (χ2v) is 4.78. The highest BCUT2D eigenvalue weighted by Crippen LogP contribution is 2.17. The Balaban J connectivity index is 0.00000144. The van der Waals surface area contributed by atoms with Crippen molar-refractivity contribution in [2.45, 2.75) is 57.5 Å². The third-order valence-corrected chi connectivity index (χ3v) is 3.45. The average molecular weight is 254 g/mol. The van der Waals surface area contributed by atoms with E-state index < -0.39 is 0 Å². The van der Waals surface area contributed by atoms with E-state index in [1.807, 2.05) is 12.4 Å². The molecule has 1 aliphatic carbocycles. The fourth-order valence-electron chi connectivity index (χ4n) is 2.42. The maximum absolute atomic E-state index is 4.04. The van der Waals surface area contributed by atoms with Crippen molar-refractivity contribution in [1.29, 1.82) is 0 Å². The standard InChI is InChI=1S/C14H22N2.ClH/c1-2-4-6-14(7-5-3-1)16-12-13-8-10-15-11-9-13;/h8-11,14,16H,1-7,12H2;1H/p-1. The van der Waals surface area contributed by atoms with Crippen LogP contribution in [0.3, 0.4) is 0 Å². The summed E-state index contributed by atoms with van der Waals surface area (Å²) in [7, 11) is 0. The van der Waals surface area contributed by atoms with Crippen LogP contribution in [0.1, 0.15) is 50.5 Å². The predicted molar refractivity (Wildman–Crippen MR) is 67.2 cm³/mol. The molecule has 1 heterocycles. The van der Waals surface area contributed by atoms with E-state index in [9.17, 15) is 0 Å². The molecule has 0 bridgehead atoms. The van der Waals surface area contributed by atoms with Crippen molar-refractivity contribution in [3.05, 3.63) is 30.1 Å². The van der Waals surface area contributed by atoms with Crippen molar-refractivity contribution >= 4 is 0 Å². The van der Waals surface area contributed by atoms with E-state index in [4.69, 9.17) is 0 Å². The van der Waals surface area contributed by atoms with Gasteiger partial charge < -0.3 is 17.7 Å². The molecule has 0 aliphatic heterocycles. The van der Waals surface area contributed by atoms with Gasteiger partial charge >= 0.3 is 0 Å². The average Bonchev–Trinajstić information content (AvgIpc) is 2.29. The maximum Gasteiger partial charge on any atom is 0.0271 e. The Hall–Kier alpha value is -0.600. The van der Waals surface area contributed by atoms with E-state index in [-0.39, 0.29) is 12.4 Å². The summed E-state index contributed by atoms with van der Waals surface area (Å²) in [5.41, 5.74) is 1.34. The molecule has 0 aromatic carbocycles. The molecule has 96 valence electrons. The summed E-state index contributed by atoms with van der Waals surface area (Å²) < 4.78 is 0. The van der Waals surface area contributed by atoms with Gasteiger partial charge in [0.25, 0.3) is 0 Å². The Morgan fingerprint density at radius 2 is 1.59 bits per heavy atom. The maximum atomic E-state index is 4.04. The van der Waals surface area contributed by atoms with E-state index in [1.165, 1.54) is 50.5 Å². The summed E-state index contributed by atoms with van der Waals surface area (Å²) in [5.74, 6) is 0. The third kappa shape index (κ3) is 5.51. The van der Waals surface area contributed by atoms with Crippen molar-refractivity contribution in [3.8, 4) is 0 Å². The first kappa shape index (κ1) is 14.5. The molecule has 0 spiro atoms. The zero-order valence-electron chi connectivity index (χ0n) is 10.4. The number of aromatic nitrogens is 1. The Labute approximate surface area is 111 Å². The monoisotopic (exact) mass is 253 g/mol. The molecule has 1 N–H and O–H groups in total. The Bertz CT molecular complexity index is 282. The predicted octanol–water partition coefficient (Wildman–Crippen LogP) is 0.288. The number of halogens is 1. The highest BCUT2D eigenvalue weighted by Gasteiger charge is 2.10. The molecule has 17 heavy (non-hydrogen) atoms. The molecule has 1 aromatic heterocycles. The minimum Gasteiger partial charge on any atom is -1.00 e. The highest BCUT2D eigenvalue weighted by molar-refractivity contribution is 5.09. The molecule has 1 aliphatic rings. The van der Waals surface area contributed by atoms with Gasteiger partial charge in [0.1, 0.15) is 0 Å². The largest absolute Gasteiger partial charge is 1.00 e. The lowest BCUT2D eigenvalue weighted by atomic mass is 9.96. The van der Waals surface area contributed by atoms with Gasteiger partial charge in [-0.1, -0.05) is 32.1 Å². The van der Waals surface area contributed by atoms with Gasteiger partial charge in [-0.2, -0.15) is 0 Å². The normalized spacial score (nSPS) is 17.9. The lowest BCUT2D eigenvalue weighted by molar-refractivity contribution is -0.00000350. The molecule has 0 radical (unpaired) electrons. The molecule has 0 amide bonds. The van der Waals surface area contributed by atoms with E-state index in [0.717, 1.165) is 12.6 Å². The fraction of sp³-hybridized carbons (Fsp3) is 0.643. The molecule has 2 nitrogen and oxygen atoms in total. The Kier molecular flexibility index (Phi) is 7.22. The SMILES string of the molecule is [Cl-].c1cc(CNC2CCCCCCC2)ccn1. The van der Waals surface area contributed by atoms with Crippen LogP contribution in [0.25, 0.3) is 0 Å². The van der Waals surface area contributed by atoms with Gasteiger partial charge in [0, 0.05) is 25.0 Å². The number of hydrogen-bond donors (Lipinski definition) is 1. The van der Waals surface area contributed by atoms with E-state index >= 15 is 0 Å². The minimum atomic E-state index is 0. The first-order valence-electron chi connectivity index (χ1n) is 6.57. The van der Waals surface area contributed by atoms with Crippen molar-refractivity contribution in [3.63, 3.8) is 0 Å². The number of nitrogens with zero attached hydrogens (tertiary/aromatic N) is 1. The van der Waals surface area contributed by atoms with Crippen LogP contribution >= 0.6 is 0 Å². The van der Waals surface area contributed by atoms with Crippen LogP contribution in [0.2, 0.25) is 0 Å². The van der Waals surface area contributed by atoms with Crippen LogP contribution in [0.5, 0.6) is 0 Å². The molecule has 0 atom stereocenters. The summed E-state index contributed by atoms with van der Waals surface area (Å²) in [5, 5.41) is 3.68. The first-order valence-corrected chi connectivity index (χ1v) is 6.57. The van der Waals surface area contributed by atoms with Crippen LogP contribution in [0.15, 0.2) is 24.5 Å². The van der Waals surface area contributed by atoms with Crippen LogP contribution in [0, 0.1) is 0 Å². The molecule has 1 aromatic rings. The highest BCUT2D eigenvalue weighted by atomic mass is 35.5. The first-order chi connectivity index (χ1) is 7.95. The van der Waals surface area contributed by atoms with Gasteiger partial charge in [-0.3, -0.25) is 4.98 Å². The Morgan fingerprint density at radius 3 is 2.24 bits per heavy atom. The van der Waals surface area contributed by atoms with Crippen LogP contribution < -0.4 is 17.7 Å². The summed E-state index contributed by atoms with van der Waals surface area (Å²) in [4.78, 5) is 4.04. The zero-order chi connectivity index (χ0) is 11.1. The molecule has 0 unspecified atom stereocenters. The van der Waals surface area contributed by atoms with Gasteiger partial charge in [0.2, 0.25) is 0 Å². The molecule has 1 fully saturated rings. The lowest BCUT2D eigenvalue weighted by Gasteiger charge is -2.21. The zero-order valence-corrected chi connectivity index (χ0v) is 11.1. The molecular formula is C14H22ClN2-. The summed E-state index contributed by atoms with van der Waals surface area (Å²) in [6.07, 6.45) is 13.5. The van der Waals surface area contributed by atoms with E-state index in [0.29, 0.717) is 0 Å². The second-order valence-electron chi connectivity index (χ2n) is 4.78. The molecule has 0 saturated heterocycles. The van der Waals surface area contributed by atoms with Gasteiger partial charge in [0.05, 0.1) is 0 Å². The number of rotatable bonds is 3. The summed E-state index contributed by atoms with van der Waals surface area (Å²) in [6.45, 7) is 0.993. The van der Waals surface area contributed by atoms with Crippen LogP contribution in [0.4, 0.5) is 0 Å². The van der Waals surface area contributed by atoms with Gasteiger partial charge in [-0.25, -0.2) is 0 Å². The van der Waals surface area contributed by atoms with Crippen molar-refractivity contribution in [2.24, 2.45) is 0 Å². The topological polar surface area (TPSA) is 24.9 Å². The number of nitrogens with one attached hydrogen (secondary N) is 1. The minimum absolute atomic E-state index is 0. The number of hydrogen-bond acceptors (Lipinski definition) is 2. The fourth-order valence-corrected chi connectivity index (χ4v) is 2.42. The molecule has 1 saturated carbocycles. The summed E-state index contributed by atoms with van der Waals surface area (Å²) in [6, 6.07) is 4.92. The van der Waals surface area contributed by atoms with Gasteiger partial charge in [0.15, 0.2) is 0 Å². The quantitative estimate of drug-likeness (QED) is 0.838. The third-order valence-electron chi connectivity index (χ3n) is 3.45. The van der Waals surface area contributed by atoms with Gasteiger partial charge in [-0.05, 0) is 30.5 Å².